The van der Waals surface area contributed by atoms with Gasteiger partial charge in [-0.15, -0.1) is 0 Å². The zero-order valence-corrected chi connectivity index (χ0v) is 10.8. The molecule has 1 rings (SSSR count). The minimum atomic E-state index is -0.465. The van der Waals surface area contributed by atoms with Crippen molar-refractivity contribution in [3.63, 3.8) is 0 Å². The second-order valence-corrected chi connectivity index (χ2v) is 3.83. The van der Waals surface area contributed by atoms with Crippen molar-refractivity contribution in [2.75, 3.05) is 24.7 Å². The van der Waals surface area contributed by atoms with Gasteiger partial charge in [0.05, 0.1) is 13.2 Å². The molecule has 6 nitrogen and oxygen atoms in total. The third-order valence-electron chi connectivity index (χ3n) is 2.69. The maximum absolute atomic E-state index is 11.7. The molecule has 0 fully saturated rings. The molecule has 6 heteroatoms. The Morgan fingerprint density at radius 1 is 1.59 bits per heavy atom. The summed E-state index contributed by atoms with van der Waals surface area (Å²) < 4.78 is 6.38. The lowest BCUT2D eigenvalue weighted by atomic mass is 10.2. The molecule has 96 valence electrons. The monoisotopic (exact) mass is 240 g/mol. The number of aromatic nitrogens is 2. The lowest BCUT2D eigenvalue weighted by Crippen LogP contribution is -2.11. The van der Waals surface area contributed by atoms with E-state index in [2.05, 4.69) is 10.4 Å². The number of ether oxygens (including phenoxy) is 1. The summed E-state index contributed by atoms with van der Waals surface area (Å²) in [5.41, 5.74) is 6.26. The van der Waals surface area contributed by atoms with Gasteiger partial charge in [-0.2, -0.15) is 5.10 Å². The molecule has 1 heterocycles. The van der Waals surface area contributed by atoms with Crippen molar-refractivity contribution in [2.24, 2.45) is 0 Å². The van der Waals surface area contributed by atoms with Crippen LogP contribution in [0.3, 0.4) is 0 Å². The Labute approximate surface area is 101 Å². The van der Waals surface area contributed by atoms with E-state index in [1.54, 1.807) is 4.68 Å². The van der Waals surface area contributed by atoms with Crippen molar-refractivity contribution in [3.05, 3.63) is 5.56 Å². The van der Waals surface area contributed by atoms with Crippen molar-refractivity contribution in [1.82, 2.24) is 9.78 Å². The number of hydrogen-bond acceptors (Lipinski definition) is 5. The van der Waals surface area contributed by atoms with Gasteiger partial charge in [-0.1, -0.05) is 6.92 Å². The smallest absolute Gasteiger partial charge is 0.345 e. The van der Waals surface area contributed by atoms with Crippen molar-refractivity contribution in [2.45, 2.75) is 33.2 Å². The quantitative estimate of drug-likeness (QED) is 0.765. The Bertz CT molecular complexity index is 400. The van der Waals surface area contributed by atoms with E-state index in [9.17, 15) is 4.79 Å². The van der Waals surface area contributed by atoms with Gasteiger partial charge in [0.15, 0.2) is 5.82 Å². The van der Waals surface area contributed by atoms with E-state index in [1.165, 1.54) is 7.11 Å². The van der Waals surface area contributed by atoms with Gasteiger partial charge >= 0.3 is 5.97 Å². The highest BCUT2D eigenvalue weighted by atomic mass is 16.5. The predicted molar refractivity (Wildman–Crippen MR) is 67.1 cm³/mol. The van der Waals surface area contributed by atoms with Gasteiger partial charge in [0.2, 0.25) is 0 Å². The number of anilines is 2. The van der Waals surface area contributed by atoms with Crippen molar-refractivity contribution >= 4 is 17.6 Å². The first-order valence-corrected chi connectivity index (χ1v) is 5.76. The highest BCUT2D eigenvalue weighted by Crippen LogP contribution is 2.26. The molecule has 1 unspecified atom stereocenters. The molecule has 0 aliphatic carbocycles. The minimum Gasteiger partial charge on any atom is -0.465 e. The van der Waals surface area contributed by atoms with E-state index in [-0.39, 0.29) is 6.04 Å². The minimum absolute atomic E-state index is 0.144. The summed E-state index contributed by atoms with van der Waals surface area (Å²) >= 11 is 0. The SMILES string of the molecule is CCNc1nn(C(C)CC)c(N)c1C(=O)OC. The van der Waals surface area contributed by atoms with Crippen LogP contribution in [0.5, 0.6) is 0 Å². The lowest BCUT2D eigenvalue weighted by molar-refractivity contribution is 0.0603. The van der Waals surface area contributed by atoms with Gasteiger partial charge in [0.25, 0.3) is 0 Å². The Morgan fingerprint density at radius 2 is 2.24 bits per heavy atom. The van der Waals surface area contributed by atoms with Gasteiger partial charge in [-0.25, -0.2) is 9.48 Å². The second kappa shape index (κ2) is 5.56. The van der Waals surface area contributed by atoms with Gasteiger partial charge in [-0.3, -0.25) is 0 Å². The van der Waals surface area contributed by atoms with E-state index in [1.807, 2.05) is 20.8 Å². The predicted octanol–water partition coefficient (Wildman–Crippen LogP) is 1.65. The average Bonchev–Trinajstić information content (AvgIpc) is 2.65. The first kappa shape index (κ1) is 13.3. The molecule has 0 aliphatic rings. The lowest BCUT2D eigenvalue weighted by Gasteiger charge is -2.10. The van der Waals surface area contributed by atoms with Crippen LogP contribution in [0.15, 0.2) is 0 Å². The first-order chi connectivity index (χ1) is 8.06. The summed E-state index contributed by atoms with van der Waals surface area (Å²) in [6.45, 7) is 6.64. The van der Waals surface area contributed by atoms with Crippen LogP contribution in [0, 0.1) is 0 Å². The number of hydrogen-bond donors (Lipinski definition) is 2. The summed E-state index contributed by atoms with van der Waals surface area (Å²) in [7, 11) is 1.33. The van der Waals surface area contributed by atoms with Crippen LogP contribution in [-0.2, 0) is 4.74 Å². The van der Waals surface area contributed by atoms with Crippen LogP contribution in [-0.4, -0.2) is 29.4 Å². The molecule has 3 N–H and O–H groups in total. The molecule has 0 radical (unpaired) electrons. The van der Waals surface area contributed by atoms with E-state index in [0.29, 0.717) is 23.7 Å². The van der Waals surface area contributed by atoms with Crippen LogP contribution < -0.4 is 11.1 Å². The Kier molecular flexibility index (Phi) is 4.37. The Balaban J connectivity index is 3.24. The van der Waals surface area contributed by atoms with Crippen molar-refractivity contribution < 1.29 is 9.53 Å². The number of carbonyl (C=O) groups is 1. The largest absolute Gasteiger partial charge is 0.465 e. The normalized spacial score (nSPS) is 12.2. The summed E-state index contributed by atoms with van der Waals surface area (Å²) in [6, 6.07) is 0.144. The molecule has 0 aliphatic heterocycles. The highest BCUT2D eigenvalue weighted by molar-refractivity contribution is 5.99. The van der Waals surface area contributed by atoms with Crippen LogP contribution in [0.4, 0.5) is 11.6 Å². The van der Waals surface area contributed by atoms with Crippen LogP contribution >= 0.6 is 0 Å². The number of carbonyl (C=O) groups excluding carboxylic acids is 1. The van der Waals surface area contributed by atoms with Gasteiger partial charge in [0, 0.05) is 6.54 Å². The zero-order chi connectivity index (χ0) is 13.0. The molecule has 0 amide bonds. The summed E-state index contributed by atoms with van der Waals surface area (Å²) in [6.07, 6.45) is 0.887. The second-order valence-electron chi connectivity index (χ2n) is 3.83. The van der Waals surface area contributed by atoms with Crippen molar-refractivity contribution in [1.29, 1.82) is 0 Å². The van der Waals surface area contributed by atoms with Gasteiger partial charge in [-0.05, 0) is 20.3 Å². The first-order valence-electron chi connectivity index (χ1n) is 5.76. The molecule has 1 aromatic heterocycles. The zero-order valence-electron chi connectivity index (χ0n) is 10.8. The molecular weight excluding hydrogens is 220 g/mol. The molecular formula is C11H20N4O2. The fourth-order valence-electron chi connectivity index (χ4n) is 1.55. The number of nitrogen functional groups attached to an aromatic ring is 1. The fraction of sp³-hybridized carbons (Fsp3) is 0.636. The molecule has 0 saturated heterocycles. The number of rotatable bonds is 5. The summed E-state index contributed by atoms with van der Waals surface area (Å²) in [4.78, 5) is 11.7. The molecule has 0 bridgehead atoms. The van der Waals surface area contributed by atoms with Crippen LogP contribution in [0.2, 0.25) is 0 Å². The Hall–Kier alpha value is -1.72. The van der Waals surface area contributed by atoms with Crippen LogP contribution in [0.25, 0.3) is 0 Å². The fourth-order valence-corrected chi connectivity index (χ4v) is 1.55. The molecule has 0 aromatic carbocycles. The van der Waals surface area contributed by atoms with Gasteiger partial charge in [0.1, 0.15) is 11.4 Å². The molecule has 1 aromatic rings. The van der Waals surface area contributed by atoms with Crippen LogP contribution in [0.1, 0.15) is 43.6 Å². The molecule has 0 spiro atoms. The molecule has 0 saturated carbocycles. The van der Waals surface area contributed by atoms with E-state index < -0.39 is 5.97 Å². The van der Waals surface area contributed by atoms with E-state index in [0.717, 1.165) is 6.42 Å². The standard InChI is InChI=1S/C11H20N4O2/c1-5-7(3)15-9(12)8(11(16)17-4)10(14-15)13-6-2/h7H,5-6,12H2,1-4H3,(H,13,14). The highest BCUT2D eigenvalue weighted by Gasteiger charge is 2.24. The Morgan fingerprint density at radius 3 is 2.71 bits per heavy atom. The number of esters is 1. The third-order valence-corrected chi connectivity index (χ3v) is 2.69. The number of nitrogens with zero attached hydrogens (tertiary/aromatic N) is 2. The summed E-state index contributed by atoms with van der Waals surface area (Å²) in [5, 5.41) is 7.34. The molecule has 17 heavy (non-hydrogen) atoms. The maximum atomic E-state index is 11.7. The van der Waals surface area contributed by atoms with Gasteiger partial charge < -0.3 is 15.8 Å². The topological polar surface area (TPSA) is 82.2 Å². The van der Waals surface area contributed by atoms with E-state index in [4.69, 9.17) is 10.5 Å². The molecule has 1 atom stereocenters. The summed E-state index contributed by atoms with van der Waals surface area (Å²) in [5.74, 6) is 0.368. The number of nitrogens with two attached hydrogens (primary N) is 1. The van der Waals surface area contributed by atoms with E-state index >= 15 is 0 Å². The van der Waals surface area contributed by atoms with Crippen molar-refractivity contribution in [3.8, 4) is 0 Å². The number of methoxy groups -OCH3 is 1. The third kappa shape index (κ3) is 2.51. The average molecular weight is 240 g/mol. The number of nitrogens with one attached hydrogen (secondary N) is 1. The maximum Gasteiger partial charge on any atom is 0.345 e.